The minimum Gasteiger partial charge on any atom is -0.379 e. The summed E-state index contributed by atoms with van der Waals surface area (Å²) in [7, 11) is 0. The predicted octanol–water partition coefficient (Wildman–Crippen LogP) is 4.46. The Morgan fingerprint density at radius 2 is 1.90 bits per heavy atom. The maximum atomic E-state index is 4.62. The Kier molecular flexibility index (Phi) is 3.01. The van der Waals surface area contributed by atoms with Gasteiger partial charge in [0.15, 0.2) is 0 Å². The van der Waals surface area contributed by atoms with E-state index in [0.717, 1.165) is 22.4 Å². The summed E-state index contributed by atoms with van der Waals surface area (Å²) in [4.78, 5) is 9.05. The number of thiophene rings is 1. The van der Waals surface area contributed by atoms with Crippen LogP contribution < -0.4 is 5.32 Å². The van der Waals surface area contributed by atoms with Gasteiger partial charge in [-0.3, -0.25) is 4.98 Å². The van der Waals surface area contributed by atoms with Crippen LogP contribution in [0.5, 0.6) is 0 Å². The van der Waals surface area contributed by atoms with Crippen LogP contribution in [0.4, 0.5) is 5.69 Å². The van der Waals surface area contributed by atoms with Crippen molar-refractivity contribution in [2.45, 2.75) is 6.54 Å². The summed E-state index contributed by atoms with van der Waals surface area (Å²) in [5.74, 6) is 0. The van der Waals surface area contributed by atoms with Gasteiger partial charge >= 0.3 is 0 Å². The van der Waals surface area contributed by atoms with Crippen LogP contribution in [-0.4, -0.2) is 9.97 Å². The number of nitrogens with zero attached hydrogens (tertiary/aromatic N) is 2. The number of aromatic nitrogens is 2. The fraction of sp³-hybridized carbons (Fsp3) is 0.0588. The molecule has 3 nitrogen and oxygen atoms in total. The van der Waals surface area contributed by atoms with Gasteiger partial charge in [0, 0.05) is 10.4 Å². The van der Waals surface area contributed by atoms with Gasteiger partial charge in [0.05, 0.1) is 29.5 Å². The fourth-order valence-electron chi connectivity index (χ4n) is 2.35. The quantitative estimate of drug-likeness (QED) is 0.605. The number of nitrogens with one attached hydrogen (secondary N) is 1. The van der Waals surface area contributed by atoms with E-state index in [9.17, 15) is 0 Å². The number of rotatable bonds is 3. The van der Waals surface area contributed by atoms with Crippen molar-refractivity contribution in [2.75, 3.05) is 5.32 Å². The minimum atomic E-state index is 0.674. The first kappa shape index (κ1) is 12.3. The van der Waals surface area contributed by atoms with Crippen LogP contribution in [0.3, 0.4) is 0 Å². The van der Waals surface area contributed by atoms with Gasteiger partial charge in [0.2, 0.25) is 0 Å². The Morgan fingerprint density at radius 1 is 1.00 bits per heavy atom. The standard InChI is InChI=1S/C17H13N3S/c1-2-4-16-15(3-1)19-11-14(20-16)10-18-13-5-6-17-12(9-13)7-8-21-17/h1-9,11,18H,10H2. The Morgan fingerprint density at radius 3 is 2.86 bits per heavy atom. The Labute approximate surface area is 126 Å². The topological polar surface area (TPSA) is 37.8 Å². The van der Waals surface area contributed by atoms with E-state index in [1.807, 2.05) is 30.5 Å². The van der Waals surface area contributed by atoms with E-state index in [1.165, 1.54) is 10.1 Å². The molecule has 21 heavy (non-hydrogen) atoms. The van der Waals surface area contributed by atoms with Crippen molar-refractivity contribution in [1.82, 2.24) is 9.97 Å². The lowest BCUT2D eigenvalue weighted by molar-refractivity contribution is 1.04. The summed E-state index contributed by atoms with van der Waals surface area (Å²) in [6, 6.07) is 16.5. The van der Waals surface area contributed by atoms with Gasteiger partial charge in [-0.2, -0.15) is 0 Å². The van der Waals surface area contributed by atoms with E-state index in [-0.39, 0.29) is 0 Å². The highest BCUT2D eigenvalue weighted by atomic mass is 32.1. The smallest absolute Gasteiger partial charge is 0.0890 e. The molecule has 2 aromatic carbocycles. The van der Waals surface area contributed by atoms with Crippen molar-refractivity contribution in [3.05, 3.63) is 65.8 Å². The molecule has 0 spiro atoms. The Hall–Kier alpha value is -2.46. The molecule has 4 heteroatoms. The van der Waals surface area contributed by atoms with Crippen LogP contribution in [0.15, 0.2) is 60.1 Å². The van der Waals surface area contributed by atoms with Crippen LogP contribution in [0.1, 0.15) is 5.69 Å². The van der Waals surface area contributed by atoms with Gasteiger partial charge in [0.1, 0.15) is 0 Å². The third-order valence-electron chi connectivity index (χ3n) is 3.42. The Bertz CT molecular complexity index is 914. The molecule has 0 unspecified atom stereocenters. The maximum absolute atomic E-state index is 4.62. The van der Waals surface area contributed by atoms with Crippen LogP contribution >= 0.6 is 11.3 Å². The zero-order valence-corrected chi connectivity index (χ0v) is 12.1. The molecule has 0 saturated heterocycles. The minimum absolute atomic E-state index is 0.674. The third kappa shape index (κ3) is 2.45. The molecule has 1 N–H and O–H groups in total. The third-order valence-corrected chi connectivity index (χ3v) is 4.32. The average molecular weight is 291 g/mol. The second kappa shape index (κ2) is 5.14. The molecule has 0 amide bonds. The molecule has 102 valence electrons. The van der Waals surface area contributed by atoms with Crippen LogP contribution in [0, 0.1) is 0 Å². The fourth-order valence-corrected chi connectivity index (χ4v) is 3.12. The molecule has 0 aliphatic carbocycles. The molecule has 0 saturated carbocycles. The molecule has 2 heterocycles. The first-order chi connectivity index (χ1) is 10.4. The van der Waals surface area contributed by atoms with Gasteiger partial charge in [-0.1, -0.05) is 12.1 Å². The van der Waals surface area contributed by atoms with Crippen molar-refractivity contribution in [3.8, 4) is 0 Å². The van der Waals surface area contributed by atoms with Crippen LogP contribution in [0.25, 0.3) is 21.1 Å². The molecule has 0 radical (unpaired) electrons. The molecule has 0 aliphatic heterocycles. The summed E-state index contributed by atoms with van der Waals surface area (Å²) in [5, 5.41) is 6.80. The predicted molar refractivity (Wildman–Crippen MR) is 88.7 cm³/mol. The average Bonchev–Trinajstić information content (AvgIpc) is 3.00. The molecule has 4 rings (SSSR count). The molecule has 0 bridgehead atoms. The van der Waals surface area contributed by atoms with E-state index in [2.05, 4.69) is 44.9 Å². The van der Waals surface area contributed by atoms with Crippen molar-refractivity contribution in [2.24, 2.45) is 0 Å². The summed E-state index contributed by atoms with van der Waals surface area (Å²) in [5.41, 5.74) is 3.92. The monoisotopic (exact) mass is 291 g/mol. The van der Waals surface area contributed by atoms with E-state index in [1.54, 1.807) is 11.3 Å². The molecular weight excluding hydrogens is 278 g/mol. The zero-order chi connectivity index (χ0) is 14.1. The van der Waals surface area contributed by atoms with Crippen molar-refractivity contribution in [3.63, 3.8) is 0 Å². The number of hydrogen-bond acceptors (Lipinski definition) is 4. The lowest BCUT2D eigenvalue weighted by Gasteiger charge is -2.06. The molecular formula is C17H13N3S. The van der Waals surface area contributed by atoms with E-state index >= 15 is 0 Å². The van der Waals surface area contributed by atoms with Gasteiger partial charge in [0.25, 0.3) is 0 Å². The maximum Gasteiger partial charge on any atom is 0.0890 e. The van der Waals surface area contributed by atoms with Crippen molar-refractivity contribution < 1.29 is 0 Å². The van der Waals surface area contributed by atoms with Gasteiger partial charge in [-0.05, 0) is 47.2 Å². The Balaban J connectivity index is 1.56. The van der Waals surface area contributed by atoms with Crippen molar-refractivity contribution >= 4 is 38.1 Å². The summed E-state index contributed by atoms with van der Waals surface area (Å²) < 4.78 is 1.31. The normalized spacial score (nSPS) is 11.0. The summed E-state index contributed by atoms with van der Waals surface area (Å²) >= 11 is 1.76. The van der Waals surface area contributed by atoms with E-state index in [4.69, 9.17) is 0 Å². The lowest BCUT2D eigenvalue weighted by atomic mass is 10.2. The van der Waals surface area contributed by atoms with Crippen LogP contribution in [-0.2, 0) is 6.54 Å². The van der Waals surface area contributed by atoms with Gasteiger partial charge < -0.3 is 5.32 Å². The first-order valence-corrected chi connectivity index (χ1v) is 7.68. The van der Waals surface area contributed by atoms with E-state index < -0.39 is 0 Å². The van der Waals surface area contributed by atoms with Gasteiger partial charge in [-0.25, -0.2) is 4.98 Å². The second-order valence-corrected chi connectivity index (χ2v) is 5.82. The van der Waals surface area contributed by atoms with Crippen molar-refractivity contribution in [1.29, 1.82) is 0 Å². The number of benzene rings is 2. The molecule has 4 aromatic rings. The van der Waals surface area contributed by atoms with Crippen LogP contribution in [0.2, 0.25) is 0 Å². The first-order valence-electron chi connectivity index (χ1n) is 6.80. The highest BCUT2D eigenvalue weighted by Crippen LogP contribution is 2.24. The van der Waals surface area contributed by atoms with E-state index in [0.29, 0.717) is 6.54 Å². The number of hydrogen-bond donors (Lipinski definition) is 1. The molecule has 0 atom stereocenters. The largest absolute Gasteiger partial charge is 0.379 e. The van der Waals surface area contributed by atoms with Gasteiger partial charge in [-0.15, -0.1) is 11.3 Å². The SMILES string of the molecule is c1ccc2nc(CNc3ccc4sccc4c3)cnc2c1. The summed E-state index contributed by atoms with van der Waals surface area (Å²) in [6.07, 6.45) is 1.83. The number of fused-ring (bicyclic) bond motifs is 2. The summed E-state index contributed by atoms with van der Waals surface area (Å²) in [6.45, 7) is 0.674. The highest BCUT2D eigenvalue weighted by Gasteiger charge is 2.01. The highest BCUT2D eigenvalue weighted by molar-refractivity contribution is 7.17. The molecule has 0 fully saturated rings. The second-order valence-electron chi connectivity index (χ2n) is 4.88. The lowest BCUT2D eigenvalue weighted by Crippen LogP contribution is -2.02. The number of anilines is 1. The molecule has 2 aromatic heterocycles. The molecule has 0 aliphatic rings. The number of para-hydroxylation sites is 2. The zero-order valence-electron chi connectivity index (χ0n) is 11.3.